The minimum Gasteiger partial charge on any atom is -0.330 e. The van der Waals surface area contributed by atoms with Crippen molar-refractivity contribution in [3.8, 4) is 0 Å². The minimum absolute atomic E-state index is 0.127. The van der Waals surface area contributed by atoms with E-state index in [4.69, 9.17) is 5.73 Å². The number of hydrogen-bond donors (Lipinski definition) is 2. The highest BCUT2D eigenvalue weighted by Crippen LogP contribution is 2.06. The van der Waals surface area contributed by atoms with Crippen LogP contribution >= 0.6 is 0 Å². The Balaban J connectivity index is 2.41. The van der Waals surface area contributed by atoms with Crippen LogP contribution in [0.4, 0.5) is 0 Å². The predicted octanol–water partition coefficient (Wildman–Crippen LogP) is -1.07. The Hall–Kier alpha value is -0.610. The third-order valence-corrected chi connectivity index (χ3v) is 1.79. The first kappa shape index (κ1) is 7.50. The molecule has 0 aromatic rings. The first-order valence-electron chi connectivity index (χ1n) is 3.44. The van der Waals surface area contributed by atoms with Crippen molar-refractivity contribution in [3.63, 3.8) is 0 Å². The summed E-state index contributed by atoms with van der Waals surface area (Å²) in [4.78, 5) is 11.0. The van der Waals surface area contributed by atoms with E-state index in [1.807, 2.05) is 0 Å². The highest BCUT2D eigenvalue weighted by Gasteiger charge is 2.21. The summed E-state index contributed by atoms with van der Waals surface area (Å²) >= 11 is 0. The zero-order valence-electron chi connectivity index (χ0n) is 6.13. The zero-order valence-corrected chi connectivity index (χ0v) is 6.13. The lowest BCUT2D eigenvalue weighted by molar-refractivity contribution is -0.136. The second-order valence-electron chi connectivity index (χ2n) is 2.62. The lowest BCUT2D eigenvalue weighted by Gasteiger charge is -2.28. The van der Waals surface area contributed by atoms with Crippen molar-refractivity contribution in [2.75, 3.05) is 20.1 Å². The van der Waals surface area contributed by atoms with Crippen LogP contribution in [-0.4, -0.2) is 31.1 Å². The number of nitrogens with zero attached hydrogens (tertiary/aromatic N) is 1. The van der Waals surface area contributed by atoms with Gasteiger partial charge in [0.05, 0.1) is 0 Å². The van der Waals surface area contributed by atoms with Crippen molar-refractivity contribution in [1.29, 1.82) is 0 Å². The quantitative estimate of drug-likeness (QED) is 0.491. The van der Waals surface area contributed by atoms with Crippen LogP contribution in [0, 0.1) is 5.92 Å². The van der Waals surface area contributed by atoms with Gasteiger partial charge in [0.2, 0.25) is 5.91 Å². The summed E-state index contributed by atoms with van der Waals surface area (Å²) in [6, 6.07) is 0. The lowest BCUT2D eigenvalue weighted by Crippen LogP contribution is -2.49. The van der Waals surface area contributed by atoms with Gasteiger partial charge in [0, 0.05) is 20.0 Å². The molecule has 4 nitrogen and oxygen atoms in total. The second kappa shape index (κ2) is 2.98. The molecule has 10 heavy (non-hydrogen) atoms. The van der Waals surface area contributed by atoms with E-state index >= 15 is 0 Å². The maximum Gasteiger partial charge on any atom is 0.236 e. The molecule has 1 fully saturated rings. The third kappa shape index (κ3) is 1.46. The van der Waals surface area contributed by atoms with Crippen molar-refractivity contribution in [3.05, 3.63) is 0 Å². The van der Waals surface area contributed by atoms with E-state index < -0.39 is 0 Å². The molecule has 1 aliphatic heterocycles. The van der Waals surface area contributed by atoms with Gasteiger partial charge in [-0.25, -0.2) is 5.43 Å². The van der Waals surface area contributed by atoms with E-state index in [1.54, 1.807) is 7.05 Å². The molecule has 4 heteroatoms. The van der Waals surface area contributed by atoms with Crippen LogP contribution in [0.3, 0.4) is 0 Å². The van der Waals surface area contributed by atoms with E-state index in [-0.39, 0.29) is 5.91 Å². The van der Waals surface area contributed by atoms with Crippen LogP contribution in [0.1, 0.15) is 6.42 Å². The third-order valence-electron chi connectivity index (χ3n) is 1.79. The van der Waals surface area contributed by atoms with Gasteiger partial charge in [-0.05, 0) is 12.5 Å². The van der Waals surface area contributed by atoms with Gasteiger partial charge in [-0.2, -0.15) is 0 Å². The Morgan fingerprint density at radius 2 is 2.60 bits per heavy atom. The molecule has 0 aliphatic carbocycles. The van der Waals surface area contributed by atoms with Crippen LogP contribution in [0.5, 0.6) is 0 Å². The van der Waals surface area contributed by atoms with E-state index in [0.717, 1.165) is 6.54 Å². The predicted molar refractivity (Wildman–Crippen MR) is 37.9 cm³/mol. The Morgan fingerprint density at radius 3 is 3.10 bits per heavy atom. The Kier molecular flexibility index (Phi) is 2.24. The Labute approximate surface area is 60.3 Å². The molecular formula is C6H13N3O. The SMILES string of the molecule is CN1NCC(CN)CC1=O. The van der Waals surface area contributed by atoms with Crippen molar-refractivity contribution in [1.82, 2.24) is 10.4 Å². The smallest absolute Gasteiger partial charge is 0.236 e. The number of nitrogens with two attached hydrogens (primary N) is 1. The number of rotatable bonds is 1. The number of hydrogen-bond acceptors (Lipinski definition) is 3. The maximum atomic E-state index is 11.0. The maximum absolute atomic E-state index is 11.0. The average Bonchev–Trinajstić information content (AvgIpc) is 1.95. The van der Waals surface area contributed by atoms with Crippen LogP contribution in [0.2, 0.25) is 0 Å². The van der Waals surface area contributed by atoms with Gasteiger partial charge in [-0.1, -0.05) is 0 Å². The Bertz CT molecular complexity index is 137. The van der Waals surface area contributed by atoms with Gasteiger partial charge < -0.3 is 5.73 Å². The molecule has 3 N–H and O–H groups in total. The lowest BCUT2D eigenvalue weighted by atomic mass is 10.0. The molecule has 0 aromatic heterocycles. The van der Waals surface area contributed by atoms with Gasteiger partial charge in [0.1, 0.15) is 0 Å². The fraction of sp³-hybridized carbons (Fsp3) is 0.833. The molecule has 1 unspecified atom stereocenters. The monoisotopic (exact) mass is 143 g/mol. The molecule has 0 saturated carbocycles. The average molecular weight is 143 g/mol. The molecule has 58 valence electrons. The molecule has 1 heterocycles. The molecule has 0 bridgehead atoms. The summed E-state index contributed by atoms with van der Waals surface area (Å²) in [6.07, 6.45) is 0.583. The van der Waals surface area contributed by atoms with Crippen molar-refractivity contribution >= 4 is 5.91 Å². The summed E-state index contributed by atoms with van der Waals surface area (Å²) in [5.41, 5.74) is 8.34. The van der Waals surface area contributed by atoms with Crippen LogP contribution in [-0.2, 0) is 4.79 Å². The van der Waals surface area contributed by atoms with E-state index in [0.29, 0.717) is 18.9 Å². The number of carbonyl (C=O) groups is 1. The molecule has 0 aromatic carbocycles. The van der Waals surface area contributed by atoms with Crippen LogP contribution in [0.25, 0.3) is 0 Å². The van der Waals surface area contributed by atoms with Crippen LogP contribution in [0.15, 0.2) is 0 Å². The van der Waals surface area contributed by atoms with Crippen LogP contribution < -0.4 is 11.2 Å². The van der Waals surface area contributed by atoms with E-state index in [2.05, 4.69) is 5.43 Å². The first-order chi connectivity index (χ1) is 4.74. The fourth-order valence-corrected chi connectivity index (χ4v) is 0.977. The summed E-state index contributed by atoms with van der Waals surface area (Å²) in [6.45, 7) is 1.41. The Morgan fingerprint density at radius 1 is 1.90 bits per heavy atom. The minimum atomic E-state index is 0.127. The number of hydrazine groups is 1. The molecule has 1 amide bonds. The standard InChI is InChI=1S/C6H13N3O/c1-9-6(10)2-5(3-7)4-8-9/h5,8H,2-4,7H2,1H3. The molecule has 1 aliphatic rings. The summed E-state index contributed by atoms with van der Waals surface area (Å²) in [7, 11) is 1.73. The normalized spacial score (nSPS) is 27.2. The van der Waals surface area contributed by atoms with Gasteiger partial charge in [0.15, 0.2) is 0 Å². The zero-order chi connectivity index (χ0) is 7.56. The number of nitrogens with one attached hydrogen (secondary N) is 1. The largest absolute Gasteiger partial charge is 0.330 e. The van der Waals surface area contributed by atoms with Crippen molar-refractivity contribution in [2.24, 2.45) is 11.7 Å². The van der Waals surface area contributed by atoms with Gasteiger partial charge in [-0.15, -0.1) is 0 Å². The highest BCUT2D eigenvalue weighted by molar-refractivity contribution is 5.76. The summed E-state index contributed by atoms with van der Waals surface area (Å²) < 4.78 is 0. The molecule has 1 atom stereocenters. The van der Waals surface area contributed by atoms with Crippen molar-refractivity contribution < 1.29 is 4.79 Å². The van der Waals surface area contributed by atoms with Crippen molar-refractivity contribution in [2.45, 2.75) is 6.42 Å². The molecule has 1 rings (SSSR count). The summed E-state index contributed by atoms with van der Waals surface area (Å²) in [5.74, 6) is 0.449. The number of carbonyl (C=O) groups excluding carboxylic acids is 1. The number of amides is 1. The van der Waals surface area contributed by atoms with Gasteiger partial charge in [0.25, 0.3) is 0 Å². The molecule has 0 spiro atoms. The second-order valence-corrected chi connectivity index (χ2v) is 2.62. The van der Waals surface area contributed by atoms with E-state index in [9.17, 15) is 4.79 Å². The topological polar surface area (TPSA) is 58.4 Å². The molecule has 1 saturated heterocycles. The first-order valence-corrected chi connectivity index (χ1v) is 3.44. The van der Waals surface area contributed by atoms with E-state index in [1.165, 1.54) is 5.01 Å². The van der Waals surface area contributed by atoms with Gasteiger partial charge in [-0.3, -0.25) is 9.80 Å². The highest BCUT2D eigenvalue weighted by atomic mass is 16.2. The molecule has 0 radical (unpaired) electrons. The molecular weight excluding hydrogens is 130 g/mol. The summed E-state index contributed by atoms with van der Waals surface area (Å²) in [5, 5.41) is 1.52. The fourth-order valence-electron chi connectivity index (χ4n) is 0.977. The van der Waals surface area contributed by atoms with Gasteiger partial charge >= 0.3 is 0 Å².